The van der Waals surface area contributed by atoms with Crippen LogP contribution >= 0.6 is 0 Å². The molecule has 1 unspecified atom stereocenters. The van der Waals surface area contributed by atoms with Gasteiger partial charge in [0.25, 0.3) is 10.2 Å². The SMILES string of the molecule is Cc1oc(=O)oc1COC(=O)C(COC(=O)OCCOCCO[N+](=O)[O-])NC(=O)OCCOCCO[N+](=O)[O-]. The predicted octanol–water partition coefficient (Wildman–Crippen LogP) is -0.718. The average Bonchev–Trinajstić information content (AvgIpc) is 3.19. The second-order valence-corrected chi connectivity index (χ2v) is 6.62. The van der Waals surface area contributed by atoms with Crippen LogP contribution in [0.5, 0.6) is 0 Å². The Labute approximate surface area is 217 Å². The summed E-state index contributed by atoms with van der Waals surface area (Å²) >= 11 is 0. The second-order valence-electron chi connectivity index (χ2n) is 6.62. The molecule has 1 aromatic heterocycles. The van der Waals surface area contributed by atoms with E-state index in [4.69, 9.17) is 32.8 Å². The van der Waals surface area contributed by atoms with E-state index in [2.05, 4.69) is 19.4 Å². The van der Waals surface area contributed by atoms with E-state index in [0.29, 0.717) is 0 Å². The molecule has 21 nitrogen and oxygen atoms in total. The number of amides is 1. The molecule has 0 fully saturated rings. The molecule has 1 aromatic rings. The van der Waals surface area contributed by atoms with E-state index < -0.39 is 53.5 Å². The first-order valence-electron chi connectivity index (χ1n) is 10.8. The molecule has 0 bridgehead atoms. The number of hydrogen-bond donors (Lipinski definition) is 1. The Kier molecular flexibility index (Phi) is 15.4. The molecule has 0 aromatic carbocycles. The van der Waals surface area contributed by atoms with E-state index in [1.165, 1.54) is 6.92 Å². The highest BCUT2D eigenvalue weighted by molar-refractivity contribution is 5.81. The molecule has 1 heterocycles. The lowest BCUT2D eigenvalue weighted by molar-refractivity contribution is -0.758. The molecule has 21 heteroatoms. The van der Waals surface area contributed by atoms with Gasteiger partial charge in [-0.25, -0.2) is 19.2 Å². The highest BCUT2D eigenvalue weighted by Gasteiger charge is 2.26. The standard InChI is InChI=1S/C18H25N3O18/c1-12-14(39-18(25)38-12)11-34-15(22)13(19-16(23)32-6-2-30-4-8-36-20(26)27)10-35-17(24)33-7-3-31-5-9-37-21(28)29/h13H,2-11H2,1H3,(H,19,23). The number of rotatable bonds is 20. The highest BCUT2D eigenvalue weighted by Crippen LogP contribution is 2.07. The van der Waals surface area contributed by atoms with Crippen molar-refractivity contribution in [1.82, 2.24) is 5.32 Å². The molecule has 0 radical (unpaired) electrons. The van der Waals surface area contributed by atoms with Gasteiger partial charge in [-0.15, -0.1) is 20.2 Å². The van der Waals surface area contributed by atoms with Gasteiger partial charge in [-0.1, -0.05) is 0 Å². The van der Waals surface area contributed by atoms with Gasteiger partial charge in [0, 0.05) is 0 Å². The fraction of sp³-hybridized carbons (Fsp3) is 0.667. The lowest BCUT2D eigenvalue weighted by atomic mass is 10.3. The molecular weight excluding hydrogens is 546 g/mol. The van der Waals surface area contributed by atoms with Crippen LogP contribution in [0.1, 0.15) is 11.5 Å². The van der Waals surface area contributed by atoms with Crippen LogP contribution in [0.4, 0.5) is 9.59 Å². The van der Waals surface area contributed by atoms with Crippen LogP contribution < -0.4 is 11.1 Å². The average molecular weight is 571 g/mol. The number of carbonyl (C=O) groups is 3. The molecule has 1 amide bonds. The van der Waals surface area contributed by atoms with Gasteiger partial charge in [0.05, 0.1) is 26.4 Å². The number of hydrogen-bond acceptors (Lipinski definition) is 18. The smallest absolute Gasteiger partial charge is 0.456 e. The van der Waals surface area contributed by atoms with Crippen molar-refractivity contribution in [2.75, 3.05) is 59.5 Å². The summed E-state index contributed by atoms with van der Waals surface area (Å²) in [6.07, 6.45) is -2.40. The maximum absolute atomic E-state index is 12.4. The second kappa shape index (κ2) is 18.6. The maximum atomic E-state index is 12.4. The number of aryl methyl sites for hydroxylation is 1. The Morgan fingerprint density at radius 1 is 0.821 bits per heavy atom. The van der Waals surface area contributed by atoms with Crippen molar-refractivity contribution in [3.05, 3.63) is 42.4 Å². The molecule has 1 rings (SSSR count). The molecule has 220 valence electrons. The fourth-order valence-corrected chi connectivity index (χ4v) is 2.21. The Balaban J connectivity index is 2.48. The van der Waals surface area contributed by atoms with Crippen molar-refractivity contribution >= 4 is 18.2 Å². The van der Waals surface area contributed by atoms with Gasteiger partial charge in [-0.05, 0) is 6.92 Å². The van der Waals surface area contributed by atoms with Crippen molar-refractivity contribution in [3.8, 4) is 0 Å². The Morgan fingerprint density at radius 3 is 1.92 bits per heavy atom. The summed E-state index contributed by atoms with van der Waals surface area (Å²) in [5.41, 5.74) is 0. The molecule has 0 aliphatic carbocycles. The van der Waals surface area contributed by atoms with E-state index in [1.54, 1.807) is 0 Å². The van der Waals surface area contributed by atoms with Crippen LogP contribution in [0.25, 0.3) is 0 Å². The number of esters is 1. The topological polar surface area (TPSA) is 267 Å². The van der Waals surface area contributed by atoms with Gasteiger partial charge in [0.2, 0.25) is 0 Å². The van der Waals surface area contributed by atoms with Crippen molar-refractivity contribution in [1.29, 1.82) is 0 Å². The zero-order valence-corrected chi connectivity index (χ0v) is 20.4. The lowest BCUT2D eigenvalue weighted by Crippen LogP contribution is -2.45. The van der Waals surface area contributed by atoms with Crippen LogP contribution in [-0.4, -0.2) is 93.9 Å². The third kappa shape index (κ3) is 15.9. The third-order valence-corrected chi connectivity index (χ3v) is 3.88. The minimum atomic E-state index is -1.60. The summed E-state index contributed by atoms with van der Waals surface area (Å²) in [6, 6.07) is -1.60. The Hall–Kier alpha value is -4.66. The Morgan fingerprint density at radius 2 is 1.38 bits per heavy atom. The Bertz CT molecular complexity index is 990. The predicted molar refractivity (Wildman–Crippen MR) is 115 cm³/mol. The van der Waals surface area contributed by atoms with Gasteiger partial charge < -0.3 is 52.2 Å². The molecule has 0 aliphatic rings. The summed E-state index contributed by atoms with van der Waals surface area (Å²) in [7, 11) is 0. The van der Waals surface area contributed by atoms with Gasteiger partial charge in [-0.3, -0.25) is 0 Å². The fourth-order valence-electron chi connectivity index (χ4n) is 2.21. The first-order chi connectivity index (χ1) is 18.6. The maximum Gasteiger partial charge on any atom is 0.519 e. The van der Waals surface area contributed by atoms with Crippen LogP contribution in [0, 0.1) is 27.2 Å². The van der Waals surface area contributed by atoms with E-state index in [-0.39, 0.29) is 64.4 Å². The van der Waals surface area contributed by atoms with Gasteiger partial charge in [0.1, 0.15) is 33.0 Å². The minimum absolute atomic E-state index is 0.0484. The lowest BCUT2D eigenvalue weighted by Gasteiger charge is -2.17. The summed E-state index contributed by atoms with van der Waals surface area (Å²) < 4.78 is 38.4. The normalized spacial score (nSPS) is 11.1. The van der Waals surface area contributed by atoms with Crippen LogP contribution in [0.2, 0.25) is 0 Å². The third-order valence-electron chi connectivity index (χ3n) is 3.88. The van der Waals surface area contributed by atoms with Crippen molar-refractivity contribution in [2.45, 2.75) is 19.6 Å². The number of ether oxygens (including phenoxy) is 6. The summed E-state index contributed by atoms with van der Waals surface area (Å²) in [6.45, 7) is -1.84. The van der Waals surface area contributed by atoms with E-state index in [9.17, 15) is 39.4 Å². The van der Waals surface area contributed by atoms with Gasteiger partial charge in [-0.2, -0.15) is 0 Å². The van der Waals surface area contributed by atoms with Crippen LogP contribution in [0.3, 0.4) is 0 Å². The van der Waals surface area contributed by atoms with Crippen molar-refractivity contribution in [3.63, 3.8) is 0 Å². The molecule has 0 spiro atoms. The van der Waals surface area contributed by atoms with E-state index in [0.717, 1.165) is 0 Å². The number of nitrogens with one attached hydrogen (secondary N) is 1. The summed E-state index contributed by atoms with van der Waals surface area (Å²) in [4.78, 5) is 75.4. The first kappa shape index (κ1) is 32.4. The number of alkyl carbamates (subject to hydrolysis) is 1. The first-order valence-corrected chi connectivity index (χ1v) is 10.8. The van der Waals surface area contributed by atoms with E-state index in [1.807, 2.05) is 0 Å². The zero-order chi connectivity index (χ0) is 29.0. The monoisotopic (exact) mass is 571 g/mol. The minimum Gasteiger partial charge on any atom is -0.456 e. The molecule has 0 saturated carbocycles. The number of carbonyl (C=O) groups excluding carboxylic acids is 3. The summed E-state index contributed by atoms with van der Waals surface area (Å²) in [5.74, 6) is -2.20. The van der Waals surface area contributed by atoms with Crippen LogP contribution in [0.15, 0.2) is 13.6 Å². The number of nitrogens with zero attached hydrogens (tertiary/aromatic N) is 2. The van der Waals surface area contributed by atoms with Crippen molar-refractivity contribution < 1.29 is 71.5 Å². The largest absolute Gasteiger partial charge is 0.519 e. The molecule has 0 saturated heterocycles. The van der Waals surface area contributed by atoms with Gasteiger partial charge >= 0.3 is 24.0 Å². The molecule has 1 atom stereocenters. The van der Waals surface area contributed by atoms with Crippen molar-refractivity contribution in [2.24, 2.45) is 0 Å². The molecule has 39 heavy (non-hydrogen) atoms. The molecule has 0 aliphatic heterocycles. The molecule has 1 N–H and O–H groups in total. The zero-order valence-electron chi connectivity index (χ0n) is 20.4. The highest BCUT2D eigenvalue weighted by atomic mass is 17.0. The van der Waals surface area contributed by atoms with E-state index >= 15 is 0 Å². The molecular formula is C18H25N3O18. The summed E-state index contributed by atoms with van der Waals surface area (Å²) in [5, 5.41) is 20.1. The van der Waals surface area contributed by atoms with Crippen LogP contribution in [-0.2, 0) is 49.5 Å². The quantitative estimate of drug-likeness (QED) is 0.0664. The van der Waals surface area contributed by atoms with Gasteiger partial charge in [0.15, 0.2) is 24.2 Å².